The fourth-order valence-electron chi connectivity index (χ4n) is 1.93. The first-order valence-electron chi connectivity index (χ1n) is 5.53. The molecule has 2 aromatic heterocycles. The number of aromatic nitrogens is 4. The standard InChI is InChI=1S/C11H13N5O/c1-12-9-7-6-17-5-2-8(7)15-11(16-9)10-13-3-4-14-10/h3-4H,2,5-6H2,1H3,(H,13,14)(H,12,15,16). The Bertz CT molecular complexity index is 506. The van der Waals surface area contributed by atoms with E-state index in [0.717, 1.165) is 23.5 Å². The van der Waals surface area contributed by atoms with Crippen LogP contribution in [0.3, 0.4) is 0 Å². The third-order valence-electron chi connectivity index (χ3n) is 2.77. The van der Waals surface area contributed by atoms with Gasteiger partial charge in [-0.15, -0.1) is 0 Å². The Morgan fingerprint density at radius 2 is 2.35 bits per heavy atom. The Morgan fingerprint density at radius 1 is 1.41 bits per heavy atom. The van der Waals surface area contributed by atoms with Crippen LogP contribution in [-0.4, -0.2) is 33.6 Å². The average Bonchev–Trinajstić information content (AvgIpc) is 2.91. The minimum atomic E-state index is 0.573. The smallest absolute Gasteiger partial charge is 0.197 e. The number of hydrogen-bond donors (Lipinski definition) is 2. The highest BCUT2D eigenvalue weighted by Gasteiger charge is 2.18. The van der Waals surface area contributed by atoms with Crippen LogP contribution in [0.5, 0.6) is 0 Å². The lowest BCUT2D eigenvalue weighted by molar-refractivity contribution is 0.109. The topological polar surface area (TPSA) is 75.7 Å². The molecule has 0 radical (unpaired) electrons. The zero-order valence-corrected chi connectivity index (χ0v) is 9.53. The van der Waals surface area contributed by atoms with Crippen LogP contribution in [0.4, 0.5) is 5.82 Å². The highest BCUT2D eigenvalue weighted by molar-refractivity contribution is 5.54. The second-order valence-corrected chi connectivity index (χ2v) is 3.81. The fourth-order valence-corrected chi connectivity index (χ4v) is 1.93. The Kier molecular flexibility index (Phi) is 2.49. The quantitative estimate of drug-likeness (QED) is 0.805. The summed E-state index contributed by atoms with van der Waals surface area (Å²) in [5.74, 6) is 2.14. The Labute approximate surface area is 98.5 Å². The monoisotopic (exact) mass is 231 g/mol. The van der Waals surface area contributed by atoms with E-state index < -0.39 is 0 Å². The summed E-state index contributed by atoms with van der Waals surface area (Å²) in [4.78, 5) is 16.2. The Balaban J connectivity index is 2.12. The minimum absolute atomic E-state index is 0.573. The van der Waals surface area contributed by atoms with E-state index in [4.69, 9.17) is 4.74 Å². The summed E-state index contributed by atoms with van der Waals surface area (Å²) >= 11 is 0. The summed E-state index contributed by atoms with van der Waals surface area (Å²) in [6.45, 7) is 1.29. The van der Waals surface area contributed by atoms with Crippen LogP contribution in [0.1, 0.15) is 11.3 Å². The maximum Gasteiger partial charge on any atom is 0.197 e. The van der Waals surface area contributed by atoms with Crippen molar-refractivity contribution >= 4 is 5.82 Å². The SMILES string of the molecule is CNc1nc(-c2ncc[nH]2)nc2c1COCC2. The number of nitrogens with zero attached hydrogens (tertiary/aromatic N) is 3. The van der Waals surface area contributed by atoms with Gasteiger partial charge in [0, 0.05) is 31.4 Å². The lowest BCUT2D eigenvalue weighted by atomic mass is 10.1. The molecule has 2 N–H and O–H groups in total. The van der Waals surface area contributed by atoms with E-state index in [2.05, 4.69) is 25.3 Å². The first kappa shape index (κ1) is 10.2. The molecule has 0 saturated heterocycles. The maximum absolute atomic E-state index is 5.43. The predicted octanol–water partition coefficient (Wildman–Crippen LogP) is 0.981. The van der Waals surface area contributed by atoms with Crippen molar-refractivity contribution in [1.29, 1.82) is 0 Å². The van der Waals surface area contributed by atoms with Gasteiger partial charge in [0.25, 0.3) is 0 Å². The van der Waals surface area contributed by atoms with Gasteiger partial charge in [-0.3, -0.25) is 0 Å². The molecule has 88 valence electrons. The van der Waals surface area contributed by atoms with E-state index in [-0.39, 0.29) is 0 Å². The van der Waals surface area contributed by atoms with Gasteiger partial charge in [-0.05, 0) is 0 Å². The van der Waals surface area contributed by atoms with Crippen molar-refractivity contribution < 1.29 is 4.74 Å². The molecule has 0 amide bonds. The van der Waals surface area contributed by atoms with Crippen LogP contribution >= 0.6 is 0 Å². The van der Waals surface area contributed by atoms with Gasteiger partial charge < -0.3 is 15.0 Å². The molecule has 1 aliphatic heterocycles. The number of rotatable bonds is 2. The number of ether oxygens (including phenoxy) is 1. The van der Waals surface area contributed by atoms with E-state index in [9.17, 15) is 0 Å². The molecule has 6 nitrogen and oxygen atoms in total. The second-order valence-electron chi connectivity index (χ2n) is 3.81. The fraction of sp³-hybridized carbons (Fsp3) is 0.364. The van der Waals surface area contributed by atoms with Crippen molar-refractivity contribution in [3.05, 3.63) is 23.7 Å². The van der Waals surface area contributed by atoms with Gasteiger partial charge in [0.15, 0.2) is 11.6 Å². The summed E-state index contributed by atoms with van der Waals surface area (Å²) in [5, 5.41) is 3.08. The number of imidazole rings is 1. The first-order chi connectivity index (χ1) is 8.38. The number of nitrogens with one attached hydrogen (secondary N) is 2. The highest BCUT2D eigenvalue weighted by atomic mass is 16.5. The molecule has 0 fully saturated rings. The largest absolute Gasteiger partial charge is 0.376 e. The number of H-pyrrole nitrogens is 1. The van der Waals surface area contributed by atoms with Gasteiger partial charge >= 0.3 is 0 Å². The van der Waals surface area contributed by atoms with E-state index >= 15 is 0 Å². The number of aromatic amines is 1. The molecular formula is C11H13N5O. The van der Waals surface area contributed by atoms with Crippen molar-refractivity contribution in [3.63, 3.8) is 0 Å². The molecular weight excluding hydrogens is 218 g/mol. The number of hydrogen-bond acceptors (Lipinski definition) is 5. The van der Waals surface area contributed by atoms with Crippen LogP contribution in [0.25, 0.3) is 11.6 Å². The van der Waals surface area contributed by atoms with E-state index in [0.29, 0.717) is 24.9 Å². The summed E-state index contributed by atoms with van der Waals surface area (Å²) in [6.07, 6.45) is 4.28. The van der Waals surface area contributed by atoms with Crippen molar-refractivity contribution in [2.75, 3.05) is 19.0 Å². The van der Waals surface area contributed by atoms with Crippen LogP contribution in [0, 0.1) is 0 Å². The van der Waals surface area contributed by atoms with Crippen LogP contribution < -0.4 is 5.32 Å². The third kappa shape index (κ3) is 1.76. The molecule has 0 bridgehead atoms. The molecule has 0 unspecified atom stereocenters. The van der Waals surface area contributed by atoms with E-state index in [1.165, 1.54) is 0 Å². The highest BCUT2D eigenvalue weighted by Crippen LogP contribution is 2.24. The Morgan fingerprint density at radius 3 is 3.12 bits per heavy atom. The van der Waals surface area contributed by atoms with Crippen molar-refractivity contribution in [3.8, 4) is 11.6 Å². The zero-order chi connectivity index (χ0) is 11.7. The van der Waals surface area contributed by atoms with E-state index in [1.807, 2.05) is 7.05 Å². The van der Waals surface area contributed by atoms with Crippen LogP contribution in [-0.2, 0) is 17.8 Å². The summed E-state index contributed by atoms with van der Waals surface area (Å²) in [6, 6.07) is 0. The molecule has 1 aliphatic rings. The lowest BCUT2D eigenvalue weighted by Gasteiger charge is -2.18. The van der Waals surface area contributed by atoms with Crippen LogP contribution in [0.2, 0.25) is 0 Å². The number of anilines is 1. The molecule has 3 rings (SSSR count). The minimum Gasteiger partial charge on any atom is -0.376 e. The molecule has 0 saturated carbocycles. The van der Waals surface area contributed by atoms with Gasteiger partial charge in [-0.25, -0.2) is 15.0 Å². The predicted molar refractivity (Wildman–Crippen MR) is 62.5 cm³/mol. The maximum atomic E-state index is 5.43. The molecule has 0 atom stereocenters. The van der Waals surface area contributed by atoms with Crippen molar-refractivity contribution in [1.82, 2.24) is 19.9 Å². The number of fused-ring (bicyclic) bond motifs is 1. The molecule has 0 spiro atoms. The molecule has 0 aromatic carbocycles. The van der Waals surface area contributed by atoms with E-state index in [1.54, 1.807) is 12.4 Å². The first-order valence-corrected chi connectivity index (χ1v) is 5.53. The average molecular weight is 231 g/mol. The summed E-state index contributed by atoms with van der Waals surface area (Å²) < 4.78 is 5.43. The molecule has 3 heterocycles. The third-order valence-corrected chi connectivity index (χ3v) is 2.77. The zero-order valence-electron chi connectivity index (χ0n) is 9.53. The van der Waals surface area contributed by atoms with Gasteiger partial charge in [0.2, 0.25) is 0 Å². The van der Waals surface area contributed by atoms with Crippen molar-refractivity contribution in [2.45, 2.75) is 13.0 Å². The normalized spacial score (nSPS) is 14.4. The molecule has 17 heavy (non-hydrogen) atoms. The van der Waals surface area contributed by atoms with Gasteiger partial charge in [-0.1, -0.05) is 0 Å². The summed E-state index contributed by atoms with van der Waals surface area (Å²) in [5.41, 5.74) is 2.09. The lowest BCUT2D eigenvalue weighted by Crippen LogP contribution is -2.16. The van der Waals surface area contributed by atoms with Crippen LogP contribution in [0.15, 0.2) is 12.4 Å². The van der Waals surface area contributed by atoms with Crippen molar-refractivity contribution in [2.24, 2.45) is 0 Å². The van der Waals surface area contributed by atoms with Gasteiger partial charge in [-0.2, -0.15) is 0 Å². The second kappa shape index (κ2) is 4.14. The molecule has 2 aromatic rings. The molecule has 6 heteroatoms. The summed E-state index contributed by atoms with van der Waals surface area (Å²) in [7, 11) is 1.85. The molecule has 0 aliphatic carbocycles. The van der Waals surface area contributed by atoms with Gasteiger partial charge in [0.05, 0.1) is 18.9 Å². The Hall–Kier alpha value is -1.95. The van der Waals surface area contributed by atoms with Gasteiger partial charge in [0.1, 0.15) is 5.82 Å².